The van der Waals surface area contributed by atoms with E-state index in [1.165, 1.54) is 19.3 Å². The van der Waals surface area contributed by atoms with Crippen LogP contribution >= 0.6 is 31.9 Å². The van der Waals surface area contributed by atoms with E-state index in [0.29, 0.717) is 0 Å². The summed E-state index contributed by atoms with van der Waals surface area (Å²) >= 11 is 7.09. The van der Waals surface area contributed by atoms with E-state index in [1.807, 2.05) is 6.92 Å². The largest absolute Gasteiger partial charge is 0.460 e. The number of hydrogen-bond acceptors (Lipinski definition) is 2. The van der Waals surface area contributed by atoms with Gasteiger partial charge in [0.25, 0.3) is 0 Å². The molecule has 4 heteroatoms. The Labute approximate surface area is 108 Å². The van der Waals surface area contributed by atoms with E-state index in [-0.39, 0.29) is 21.2 Å². The quantitative estimate of drug-likeness (QED) is 0.432. The van der Waals surface area contributed by atoms with Gasteiger partial charge in [-0.1, -0.05) is 64.5 Å². The summed E-state index contributed by atoms with van der Waals surface area (Å²) in [5.41, 5.74) is 0. The number of esters is 1. The zero-order valence-corrected chi connectivity index (χ0v) is 12.4. The van der Waals surface area contributed by atoms with Crippen LogP contribution in [0.25, 0.3) is 0 Å². The molecule has 1 saturated heterocycles. The van der Waals surface area contributed by atoms with Crippen molar-refractivity contribution >= 4 is 37.8 Å². The summed E-state index contributed by atoms with van der Waals surface area (Å²) in [6.45, 7) is 4.15. The fourth-order valence-corrected chi connectivity index (χ4v) is 3.16. The third-order valence-corrected chi connectivity index (χ3v) is 6.31. The Bertz CT molecular complexity index is 233. The SMILES string of the molecule is CCCCCCC1(Br)C(C)OC(=O)C1Br. The molecule has 0 spiro atoms. The lowest BCUT2D eigenvalue weighted by Crippen LogP contribution is -2.37. The van der Waals surface area contributed by atoms with Crippen LogP contribution in [0.4, 0.5) is 0 Å². The number of rotatable bonds is 5. The van der Waals surface area contributed by atoms with Gasteiger partial charge in [0.1, 0.15) is 10.9 Å². The average molecular weight is 342 g/mol. The van der Waals surface area contributed by atoms with Gasteiger partial charge in [-0.3, -0.25) is 4.79 Å². The summed E-state index contributed by atoms with van der Waals surface area (Å²) in [5.74, 6) is -0.144. The fourth-order valence-electron chi connectivity index (χ4n) is 1.89. The molecule has 3 atom stereocenters. The van der Waals surface area contributed by atoms with Gasteiger partial charge < -0.3 is 4.74 Å². The maximum Gasteiger partial charge on any atom is 0.321 e. The number of ether oxygens (including phenoxy) is 1. The summed E-state index contributed by atoms with van der Waals surface area (Å²) in [5, 5.41) is 0. The summed E-state index contributed by atoms with van der Waals surface area (Å²) < 4.78 is 5.00. The van der Waals surface area contributed by atoms with Gasteiger partial charge in [-0.15, -0.1) is 0 Å². The minimum atomic E-state index is -0.210. The van der Waals surface area contributed by atoms with E-state index < -0.39 is 0 Å². The molecule has 0 aliphatic carbocycles. The zero-order chi connectivity index (χ0) is 11.5. The molecule has 0 bridgehead atoms. The molecule has 0 amide bonds. The Morgan fingerprint density at radius 2 is 2.07 bits per heavy atom. The molecule has 0 aromatic rings. The molecular formula is C11H18Br2O2. The van der Waals surface area contributed by atoms with Gasteiger partial charge in [0.05, 0.1) is 4.32 Å². The van der Waals surface area contributed by atoms with Gasteiger partial charge in [0.15, 0.2) is 0 Å². The molecular weight excluding hydrogens is 324 g/mol. The van der Waals surface area contributed by atoms with Crippen LogP contribution in [0.3, 0.4) is 0 Å². The predicted octanol–water partition coefficient (Wildman–Crippen LogP) is 3.80. The third-order valence-electron chi connectivity index (χ3n) is 3.01. The Hall–Kier alpha value is 0.430. The monoisotopic (exact) mass is 340 g/mol. The summed E-state index contributed by atoms with van der Waals surface area (Å²) in [7, 11) is 0. The summed E-state index contributed by atoms with van der Waals surface area (Å²) in [4.78, 5) is 11.2. The molecule has 1 aliphatic heterocycles. The van der Waals surface area contributed by atoms with Crippen LogP contribution in [0.2, 0.25) is 0 Å². The highest BCUT2D eigenvalue weighted by molar-refractivity contribution is 9.12. The van der Waals surface area contributed by atoms with Crippen molar-refractivity contribution < 1.29 is 9.53 Å². The van der Waals surface area contributed by atoms with Crippen molar-refractivity contribution in [2.45, 2.75) is 61.2 Å². The molecule has 1 aliphatic rings. The van der Waals surface area contributed by atoms with E-state index in [1.54, 1.807) is 0 Å². The molecule has 2 nitrogen and oxygen atoms in total. The first-order chi connectivity index (χ1) is 7.02. The van der Waals surface area contributed by atoms with E-state index >= 15 is 0 Å². The van der Waals surface area contributed by atoms with Crippen molar-refractivity contribution in [2.75, 3.05) is 0 Å². The van der Waals surface area contributed by atoms with Crippen LogP contribution in [0.1, 0.15) is 46.0 Å². The van der Waals surface area contributed by atoms with Crippen LogP contribution in [0, 0.1) is 0 Å². The molecule has 0 aromatic carbocycles. The summed E-state index contributed by atoms with van der Waals surface area (Å²) in [6.07, 6.45) is 5.80. The number of cyclic esters (lactones) is 1. The van der Waals surface area contributed by atoms with Crippen molar-refractivity contribution in [3.05, 3.63) is 0 Å². The van der Waals surface area contributed by atoms with Gasteiger partial charge in [-0.2, -0.15) is 0 Å². The normalized spacial score (nSPS) is 35.6. The Balaban J connectivity index is 2.46. The van der Waals surface area contributed by atoms with Crippen LogP contribution in [-0.4, -0.2) is 21.2 Å². The molecule has 15 heavy (non-hydrogen) atoms. The Morgan fingerprint density at radius 3 is 2.53 bits per heavy atom. The molecule has 0 aromatic heterocycles. The lowest BCUT2D eigenvalue weighted by atomic mass is 9.94. The Kier molecular flexibility index (Phi) is 5.10. The fraction of sp³-hybridized carbons (Fsp3) is 0.909. The minimum absolute atomic E-state index is 0.0454. The molecule has 1 fully saturated rings. The average Bonchev–Trinajstić information content (AvgIpc) is 2.39. The molecule has 0 radical (unpaired) electrons. The number of halogens is 2. The van der Waals surface area contributed by atoms with Gasteiger partial charge in [-0.25, -0.2) is 0 Å². The van der Waals surface area contributed by atoms with E-state index in [4.69, 9.17) is 4.74 Å². The molecule has 88 valence electrons. The predicted molar refractivity (Wildman–Crippen MR) is 68.7 cm³/mol. The van der Waals surface area contributed by atoms with E-state index in [0.717, 1.165) is 12.8 Å². The molecule has 3 unspecified atom stereocenters. The highest BCUT2D eigenvalue weighted by Gasteiger charge is 2.52. The molecule has 1 rings (SSSR count). The second-order valence-corrected chi connectivity index (χ2v) is 6.57. The number of carbonyl (C=O) groups excluding carboxylic acids is 1. The lowest BCUT2D eigenvalue weighted by Gasteiger charge is -2.26. The van der Waals surface area contributed by atoms with Crippen molar-refractivity contribution in [2.24, 2.45) is 0 Å². The maximum absolute atomic E-state index is 11.4. The van der Waals surface area contributed by atoms with Crippen LogP contribution < -0.4 is 0 Å². The summed E-state index contributed by atoms with van der Waals surface area (Å²) in [6, 6.07) is 0. The van der Waals surface area contributed by atoms with E-state index in [2.05, 4.69) is 38.8 Å². The Morgan fingerprint density at radius 1 is 1.40 bits per heavy atom. The lowest BCUT2D eigenvalue weighted by molar-refractivity contribution is -0.140. The smallest absolute Gasteiger partial charge is 0.321 e. The third kappa shape index (κ3) is 2.96. The van der Waals surface area contributed by atoms with Crippen molar-refractivity contribution in [1.82, 2.24) is 0 Å². The van der Waals surface area contributed by atoms with Gasteiger partial charge in [-0.05, 0) is 13.3 Å². The highest BCUT2D eigenvalue weighted by atomic mass is 79.9. The van der Waals surface area contributed by atoms with Crippen LogP contribution in [-0.2, 0) is 9.53 Å². The van der Waals surface area contributed by atoms with Crippen LogP contribution in [0.15, 0.2) is 0 Å². The van der Waals surface area contributed by atoms with E-state index in [9.17, 15) is 4.79 Å². The molecule has 0 saturated carbocycles. The second kappa shape index (κ2) is 5.67. The second-order valence-electron chi connectivity index (χ2n) is 4.18. The standard InChI is InChI=1S/C11H18Br2O2/c1-3-4-5-6-7-11(13)8(2)15-10(14)9(11)12/h8-9H,3-7H2,1-2H3. The number of hydrogen-bond donors (Lipinski definition) is 0. The van der Waals surface area contributed by atoms with Crippen molar-refractivity contribution in [3.63, 3.8) is 0 Å². The number of alkyl halides is 2. The molecule has 0 N–H and O–H groups in total. The van der Waals surface area contributed by atoms with Gasteiger partial charge >= 0.3 is 5.97 Å². The van der Waals surface area contributed by atoms with Crippen molar-refractivity contribution in [1.29, 1.82) is 0 Å². The van der Waals surface area contributed by atoms with Gasteiger partial charge in [0, 0.05) is 0 Å². The zero-order valence-electron chi connectivity index (χ0n) is 9.26. The van der Waals surface area contributed by atoms with Gasteiger partial charge in [0.2, 0.25) is 0 Å². The minimum Gasteiger partial charge on any atom is -0.460 e. The first-order valence-corrected chi connectivity index (χ1v) is 7.26. The topological polar surface area (TPSA) is 26.3 Å². The highest BCUT2D eigenvalue weighted by Crippen LogP contribution is 2.43. The number of carbonyl (C=O) groups is 1. The molecule has 1 heterocycles. The van der Waals surface area contributed by atoms with Crippen molar-refractivity contribution in [3.8, 4) is 0 Å². The first kappa shape index (κ1) is 13.5. The number of unbranched alkanes of at least 4 members (excludes halogenated alkanes) is 3. The maximum atomic E-state index is 11.4. The first-order valence-electron chi connectivity index (χ1n) is 5.56. The van der Waals surface area contributed by atoms with Crippen LogP contribution in [0.5, 0.6) is 0 Å².